The van der Waals surface area contributed by atoms with E-state index < -0.39 is 21.8 Å². The molecule has 6 nitrogen and oxygen atoms in total. The van der Waals surface area contributed by atoms with Crippen molar-refractivity contribution in [2.75, 3.05) is 26.0 Å². The van der Waals surface area contributed by atoms with E-state index in [0.717, 1.165) is 4.31 Å². The molecule has 0 spiro atoms. The van der Waals surface area contributed by atoms with E-state index in [-0.39, 0.29) is 31.7 Å². The summed E-state index contributed by atoms with van der Waals surface area (Å²) in [7, 11) is -2.11. The van der Waals surface area contributed by atoms with E-state index in [0.29, 0.717) is 5.75 Å². The number of ether oxygens (including phenoxy) is 1. The highest BCUT2D eigenvalue weighted by Crippen LogP contribution is 2.12. The van der Waals surface area contributed by atoms with Gasteiger partial charge in [-0.2, -0.15) is 0 Å². The first kappa shape index (κ1) is 17.4. The summed E-state index contributed by atoms with van der Waals surface area (Å²) in [6.07, 6.45) is -0.125. The van der Waals surface area contributed by atoms with E-state index in [1.165, 1.54) is 25.2 Å². The molecule has 1 aromatic carbocycles. The Morgan fingerprint density at radius 3 is 2.76 bits per heavy atom. The predicted molar refractivity (Wildman–Crippen MR) is 75.2 cm³/mol. The number of sulfonamides is 1. The van der Waals surface area contributed by atoms with Crippen molar-refractivity contribution in [1.82, 2.24) is 4.31 Å². The number of nitrogens with zero attached hydrogens (tertiary/aromatic N) is 1. The van der Waals surface area contributed by atoms with Crippen LogP contribution in [0.15, 0.2) is 24.3 Å². The summed E-state index contributed by atoms with van der Waals surface area (Å²) >= 11 is 0. The first-order chi connectivity index (χ1) is 9.81. The zero-order valence-corrected chi connectivity index (χ0v) is 12.5. The minimum atomic E-state index is -3.50. The fourth-order valence-electron chi connectivity index (χ4n) is 1.55. The Bertz CT molecular complexity index is 576. The molecule has 0 fully saturated rings. The number of carboxylic acid groups (broad SMARTS) is 1. The Morgan fingerprint density at radius 1 is 1.43 bits per heavy atom. The highest BCUT2D eigenvalue weighted by atomic mass is 32.2. The first-order valence-electron chi connectivity index (χ1n) is 6.35. The zero-order chi connectivity index (χ0) is 15.9. The molecular formula is C13H18FNO5S. The molecule has 0 radical (unpaired) electrons. The molecule has 0 aliphatic rings. The molecule has 1 N–H and O–H groups in total. The minimum absolute atomic E-state index is 0.0623. The second-order valence-corrected chi connectivity index (χ2v) is 6.64. The lowest BCUT2D eigenvalue weighted by Gasteiger charge is -2.17. The number of hydrogen-bond acceptors (Lipinski definition) is 4. The van der Waals surface area contributed by atoms with Gasteiger partial charge < -0.3 is 9.84 Å². The summed E-state index contributed by atoms with van der Waals surface area (Å²) in [6.45, 7) is 0.185. The number of rotatable bonds is 9. The second kappa shape index (κ2) is 7.94. The maximum Gasteiger partial charge on any atom is 0.303 e. The van der Waals surface area contributed by atoms with Crippen molar-refractivity contribution in [3.63, 3.8) is 0 Å². The van der Waals surface area contributed by atoms with Crippen LogP contribution < -0.4 is 4.74 Å². The number of benzene rings is 1. The van der Waals surface area contributed by atoms with Gasteiger partial charge in [-0.05, 0) is 18.6 Å². The zero-order valence-electron chi connectivity index (χ0n) is 11.7. The Morgan fingerprint density at radius 2 is 2.14 bits per heavy atom. The van der Waals surface area contributed by atoms with Crippen LogP contribution >= 0.6 is 0 Å². The molecule has 0 saturated carbocycles. The molecule has 0 aliphatic heterocycles. The lowest BCUT2D eigenvalue weighted by molar-refractivity contribution is -0.137. The quantitative estimate of drug-likeness (QED) is 0.742. The smallest absolute Gasteiger partial charge is 0.303 e. The number of carboxylic acids is 1. The molecule has 0 atom stereocenters. The van der Waals surface area contributed by atoms with Crippen LogP contribution in [-0.4, -0.2) is 49.8 Å². The first-order valence-corrected chi connectivity index (χ1v) is 7.96. The van der Waals surface area contributed by atoms with Gasteiger partial charge in [-0.1, -0.05) is 6.07 Å². The minimum Gasteiger partial charge on any atom is -0.492 e. The molecule has 8 heteroatoms. The van der Waals surface area contributed by atoms with Crippen LogP contribution in [0.5, 0.6) is 5.75 Å². The fourth-order valence-corrected chi connectivity index (χ4v) is 2.72. The summed E-state index contributed by atoms with van der Waals surface area (Å²) in [5.41, 5.74) is 0. The molecule has 0 aliphatic carbocycles. The molecule has 118 valence electrons. The van der Waals surface area contributed by atoms with Crippen molar-refractivity contribution >= 4 is 16.0 Å². The molecule has 0 heterocycles. The van der Waals surface area contributed by atoms with Crippen LogP contribution in [0.4, 0.5) is 4.39 Å². The molecule has 21 heavy (non-hydrogen) atoms. The normalized spacial score (nSPS) is 11.6. The lowest BCUT2D eigenvalue weighted by atomic mass is 10.3. The Hall–Kier alpha value is -1.67. The van der Waals surface area contributed by atoms with Gasteiger partial charge in [-0.15, -0.1) is 0 Å². The van der Waals surface area contributed by atoms with Crippen molar-refractivity contribution in [3.8, 4) is 5.75 Å². The summed E-state index contributed by atoms with van der Waals surface area (Å²) < 4.78 is 42.9. The summed E-state index contributed by atoms with van der Waals surface area (Å²) in [5.74, 6) is -1.36. The highest BCUT2D eigenvalue weighted by molar-refractivity contribution is 7.89. The van der Waals surface area contributed by atoms with Gasteiger partial charge in [0.25, 0.3) is 0 Å². The van der Waals surface area contributed by atoms with Crippen LogP contribution in [0.3, 0.4) is 0 Å². The van der Waals surface area contributed by atoms with Crippen LogP contribution in [0.25, 0.3) is 0 Å². The van der Waals surface area contributed by atoms with Gasteiger partial charge in [0, 0.05) is 26.1 Å². The third kappa shape index (κ3) is 6.54. The highest BCUT2D eigenvalue weighted by Gasteiger charge is 2.17. The third-order valence-electron chi connectivity index (χ3n) is 2.74. The van der Waals surface area contributed by atoms with E-state index in [9.17, 15) is 17.6 Å². The van der Waals surface area contributed by atoms with Crippen molar-refractivity contribution in [3.05, 3.63) is 30.1 Å². The lowest BCUT2D eigenvalue weighted by Crippen LogP contribution is -2.33. The van der Waals surface area contributed by atoms with Crippen LogP contribution in [0.1, 0.15) is 12.8 Å². The van der Waals surface area contributed by atoms with Crippen molar-refractivity contribution in [2.24, 2.45) is 0 Å². The van der Waals surface area contributed by atoms with E-state index >= 15 is 0 Å². The van der Waals surface area contributed by atoms with Gasteiger partial charge in [-0.3, -0.25) is 4.79 Å². The van der Waals surface area contributed by atoms with Gasteiger partial charge in [-0.25, -0.2) is 17.1 Å². The summed E-state index contributed by atoms with van der Waals surface area (Å²) in [5, 5.41) is 8.48. The summed E-state index contributed by atoms with van der Waals surface area (Å²) in [6, 6.07) is 5.56. The van der Waals surface area contributed by atoms with E-state index in [2.05, 4.69) is 0 Å². The number of aliphatic carboxylic acids is 1. The second-order valence-electron chi connectivity index (χ2n) is 4.44. The fraction of sp³-hybridized carbons (Fsp3) is 0.462. The van der Waals surface area contributed by atoms with E-state index in [1.54, 1.807) is 6.07 Å². The average molecular weight is 319 g/mol. The monoisotopic (exact) mass is 319 g/mol. The van der Waals surface area contributed by atoms with Gasteiger partial charge in [0.05, 0.1) is 5.75 Å². The number of halogens is 1. The predicted octanol–water partition coefficient (Wildman–Crippen LogP) is 1.33. The number of likely N-dealkylation sites (N-methyl/N-ethyl adjacent to an activating group) is 1. The van der Waals surface area contributed by atoms with Crippen LogP contribution in [0.2, 0.25) is 0 Å². The van der Waals surface area contributed by atoms with Gasteiger partial charge in [0.2, 0.25) is 10.0 Å². The molecule has 1 rings (SSSR count). The molecule has 1 aromatic rings. The summed E-state index contributed by atoms with van der Waals surface area (Å²) in [4.78, 5) is 10.4. The van der Waals surface area contributed by atoms with E-state index in [1.807, 2.05) is 0 Å². The molecular weight excluding hydrogens is 301 g/mol. The Balaban J connectivity index is 2.38. The number of hydrogen-bond donors (Lipinski definition) is 1. The topological polar surface area (TPSA) is 83.9 Å². The van der Waals surface area contributed by atoms with Gasteiger partial charge in [0.15, 0.2) is 0 Å². The molecule has 0 unspecified atom stereocenters. The molecule has 0 aromatic heterocycles. The standard InChI is InChI=1S/C13H18FNO5S/c1-15(21(18,19)9-3-6-13(16)17)7-8-20-12-5-2-4-11(14)10-12/h2,4-5,10H,3,6-9H2,1H3,(H,16,17). The van der Waals surface area contributed by atoms with Gasteiger partial charge >= 0.3 is 5.97 Å². The van der Waals surface area contributed by atoms with Crippen molar-refractivity contribution in [2.45, 2.75) is 12.8 Å². The average Bonchev–Trinajstić information content (AvgIpc) is 2.38. The van der Waals surface area contributed by atoms with Crippen molar-refractivity contribution in [1.29, 1.82) is 0 Å². The molecule has 0 bridgehead atoms. The maximum atomic E-state index is 12.9. The molecule has 0 saturated heterocycles. The van der Waals surface area contributed by atoms with Crippen LogP contribution in [0, 0.1) is 5.82 Å². The van der Waals surface area contributed by atoms with Gasteiger partial charge in [0.1, 0.15) is 18.2 Å². The molecule has 0 amide bonds. The third-order valence-corrected chi connectivity index (χ3v) is 4.68. The number of carbonyl (C=O) groups is 1. The maximum absolute atomic E-state index is 12.9. The van der Waals surface area contributed by atoms with Crippen LogP contribution in [-0.2, 0) is 14.8 Å². The largest absolute Gasteiger partial charge is 0.492 e. The SMILES string of the molecule is CN(CCOc1cccc(F)c1)S(=O)(=O)CCCC(=O)O. The Labute approximate surface area is 123 Å². The Kier molecular flexibility index (Phi) is 6.57. The van der Waals surface area contributed by atoms with E-state index in [4.69, 9.17) is 9.84 Å². The van der Waals surface area contributed by atoms with Crippen molar-refractivity contribution < 1.29 is 27.4 Å².